The first kappa shape index (κ1) is 34.3. The Kier molecular flexibility index (Phi) is 10.8. The molecule has 0 radical (unpaired) electrons. The van der Waals surface area contributed by atoms with Crippen LogP contribution in [-0.2, 0) is 26.8 Å². The summed E-state index contributed by atoms with van der Waals surface area (Å²) in [4.78, 5) is 4.67. The minimum atomic E-state index is -3.44. The highest BCUT2D eigenvalue weighted by Gasteiger charge is 2.21. The van der Waals surface area contributed by atoms with Gasteiger partial charge < -0.3 is 27.7 Å². The molecule has 0 atom stereocenters. The Morgan fingerprint density at radius 2 is 1.72 bits per heavy atom. The minimum absolute atomic E-state index is 0.159. The number of aromatic amines is 1. The van der Waals surface area contributed by atoms with Crippen LogP contribution in [0.1, 0.15) is 36.4 Å². The molecule has 14 nitrogen and oxygen atoms in total. The number of nitrogens with one attached hydrogen (secondary N) is 1. The summed E-state index contributed by atoms with van der Waals surface area (Å²) in [6, 6.07) is 22.7. The van der Waals surface area contributed by atoms with E-state index < -0.39 is 7.60 Å². The van der Waals surface area contributed by atoms with E-state index in [0.717, 1.165) is 22.4 Å². The molecule has 3 aromatic heterocycles. The zero-order valence-corrected chi connectivity index (χ0v) is 28.9. The van der Waals surface area contributed by atoms with Crippen LogP contribution in [0.5, 0.6) is 17.4 Å². The molecule has 0 aliphatic carbocycles. The highest BCUT2D eigenvalue weighted by Crippen LogP contribution is 2.50. The van der Waals surface area contributed by atoms with E-state index in [1.54, 1.807) is 37.9 Å². The van der Waals surface area contributed by atoms with Crippen molar-refractivity contribution in [2.24, 2.45) is 0 Å². The van der Waals surface area contributed by atoms with Crippen LogP contribution in [0.3, 0.4) is 0 Å². The monoisotopic (exact) mass is 697 g/mol. The third-order valence-electron chi connectivity index (χ3n) is 7.36. The van der Waals surface area contributed by atoms with Gasteiger partial charge in [-0.25, -0.2) is 9.67 Å². The largest absolute Gasteiger partial charge is 0.493 e. The Bertz CT molecular complexity index is 2090. The fourth-order valence-corrected chi connectivity index (χ4v) is 6.26. The number of ether oxygens (including phenoxy) is 3. The van der Waals surface area contributed by atoms with Crippen molar-refractivity contribution in [1.29, 1.82) is 0 Å². The summed E-state index contributed by atoms with van der Waals surface area (Å²) < 4.78 is 49.6. The number of hydrogen-bond donors (Lipinski definition) is 1. The first-order chi connectivity index (χ1) is 24.4. The van der Waals surface area contributed by atoms with Crippen LogP contribution in [0.2, 0.25) is 0 Å². The molecule has 0 spiro atoms. The highest BCUT2D eigenvalue weighted by molar-refractivity contribution is 7.57. The smallest absolute Gasteiger partial charge is 0.354 e. The lowest BCUT2D eigenvalue weighted by Gasteiger charge is -2.13. The molecule has 0 saturated heterocycles. The van der Waals surface area contributed by atoms with Gasteiger partial charge in [-0.1, -0.05) is 36.4 Å². The van der Waals surface area contributed by atoms with Gasteiger partial charge in [0.25, 0.3) is 0 Å². The van der Waals surface area contributed by atoms with E-state index in [-0.39, 0.29) is 26.4 Å². The molecule has 6 rings (SSSR count). The number of para-hydroxylation sites is 1. The van der Waals surface area contributed by atoms with Crippen LogP contribution < -0.4 is 14.2 Å². The van der Waals surface area contributed by atoms with Gasteiger partial charge in [-0.2, -0.15) is 5.21 Å². The van der Waals surface area contributed by atoms with Crippen molar-refractivity contribution in [3.63, 3.8) is 0 Å². The third kappa shape index (κ3) is 8.17. The number of hydrogen-bond acceptors (Lipinski definition) is 12. The fourth-order valence-electron chi connectivity index (χ4n) is 4.95. The Hall–Kier alpha value is -5.56. The molecule has 0 bridgehead atoms. The number of aromatic nitrogens is 7. The van der Waals surface area contributed by atoms with Crippen LogP contribution in [0.15, 0.2) is 89.2 Å². The molecule has 258 valence electrons. The molecule has 1 N–H and O–H groups in total. The number of rotatable bonds is 16. The Labute approximate surface area is 288 Å². The zero-order valence-electron chi connectivity index (χ0n) is 28.0. The van der Waals surface area contributed by atoms with Crippen molar-refractivity contribution in [1.82, 2.24) is 35.4 Å². The minimum Gasteiger partial charge on any atom is -0.493 e. The molecule has 0 aliphatic heterocycles. The van der Waals surface area contributed by atoms with E-state index in [1.165, 1.54) is 5.82 Å². The second-order valence-electron chi connectivity index (χ2n) is 10.8. The van der Waals surface area contributed by atoms with Crippen LogP contribution >= 0.6 is 7.60 Å². The van der Waals surface area contributed by atoms with Crippen molar-refractivity contribution in [2.75, 3.05) is 20.3 Å². The van der Waals surface area contributed by atoms with Crippen molar-refractivity contribution < 1.29 is 32.2 Å². The van der Waals surface area contributed by atoms with Crippen molar-refractivity contribution in [3.8, 4) is 45.9 Å². The second-order valence-corrected chi connectivity index (χ2v) is 12.7. The summed E-state index contributed by atoms with van der Waals surface area (Å²) in [6.45, 7) is 6.18. The molecule has 3 heterocycles. The number of aryl methyl sites for hydroxylation is 1. The first-order valence-corrected chi connectivity index (χ1v) is 17.5. The van der Waals surface area contributed by atoms with Crippen LogP contribution in [0.4, 0.5) is 0 Å². The Morgan fingerprint density at radius 1 is 0.920 bits per heavy atom. The van der Waals surface area contributed by atoms with Gasteiger partial charge >= 0.3 is 7.60 Å². The van der Waals surface area contributed by atoms with Crippen LogP contribution in [0, 0.1) is 6.92 Å². The Balaban J connectivity index is 1.16. The van der Waals surface area contributed by atoms with Gasteiger partial charge in [-0.05, 0) is 74.0 Å². The summed E-state index contributed by atoms with van der Waals surface area (Å²) in [5.74, 6) is 4.38. The number of oxazole rings is 1. The summed E-state index contributed by atoms with van der Waals surface area (Å²) in [6.07, 6.45) is 3.44. The molecule has 0 unspecified atom stereocenters. The van der Waals surface area contributed by atoms with Gasteiger partial charge in [0.15, 0.2) is 11.5 Å². The highest BCUT2D eigenvalue weighted by atomic mass is 31.2. The van der Waals surface area contributed by atoms with Gasteiger partial charge in [0.2, 0.25) is 17.6 Å². The van der Waals surface area contributed by atoms with E-state index in [9.17, 15) is 4.57 Å². The standard InChI is InChI=1S/C35H36N7O7P/c1-5-47-50(43,48-6-2)18-17-28-21-42(29-13-8-7-9-14-29)39-35(28)46-22-25-15-16-31(32(19-25)44-4)45-23-30-24(3)49-34(36-30)27-12-10-11-26(20-27)33-37-40-41-38-33/h7-21H,5-6,22-23H2,1-4H3,(H,37,38,40,41)/b18-17+. The van der Waals surface area contributed by atoms with E-state index in [0.29, 0.717) is 46.1 Å². The molecular formula is C35H36N7O7P. The van der Waals surface area contributed by atoms with Gasteiger partial charge in [0.05, 0.1) is 31.6 Å². The fraction of sp³-hybridized carbons (Fsp3) is 0.229. The van der Waals surface area contributed by atoms with Gasteiger partial charge in [-0.15, -0.1) is 15.3 Å². The molecule has 0 fully saturated rings. The molecule has 3 aromatic carbocycles. The van der Waals surface area contributed by atoms with Gasteiger partial charge in [-0.3, -0.25) is 4.57 Å². The Morgan fingerprint density at radius 3 is 2.46 bits per heavy atom. The maximum Gasteiger partial charge on any atom is 0.354 e. The zero-order chi connectivity index (χ0) is 34.9. The third-order valence-corrected chi connectivity index (χ3v) is 9.11. The average Bonchev–Trinajstić information content (AvgIpc) is 3.91. The predicted molar refractivity (Wildman–Crippen MR) is 185 cm³/mol. The van der Waals surface area contributed by atoms with E-state index in [2.05, 4.69) is 30.7 Å². The molecule has 0 amide bonds. The second kappa shape index (κ2) is 15.8. The maximum atomic E-state index is 13.1. The summed E-state index contributed by atoms with van der Waals surface area (Å²) in [7, 11) is -1.87. The van der Waals surface area contributed by atoms with Crippen molar-refractivity contribution >= 4 is 13.7 Å². The van der Waals surface area contributed by atoms with Crippen LogP contribution in [0.25, 0.3) is 34.6 Å². The summed E-state index contributed by atoms with van der Waals surface area (Å²) in [5, 5.41) is 18.8. The number of benzene rings is 3. The SMILES string of the molecule is CCOP(=O)(/C=C/c1cn(-c2ccccc2)nc1OCc1ccc(OCc2nc(-c3cccc(-c4nn[nH]n4)c3)oc2C)c(OC)c1)OCC. The lowest BCUT2D eigenvalue weighted by molar-refractivity contribution is 0.229. The first-order valence-electron chi connectivity index (χ1n) is 15.8. The van der Waals surface area contributed by atoms with Gasteiger partial charge in [0.1, 0.15) is 24.7 Å². The summed E-state index contributed by atoms with van der Waals surface area (Å²) >= 11 is 0. The maximum absolute atomic E-state index is 13.1. The molecule has 0 saturated carbocycles. The number of nitrogens with zero attached hydrogens (tertiary/aromatic N) is 6. The number of methoxy groups -OCH3 is 1. The quantitative estimate of drug-likeness (QED) is 0.0998. The van der Waals surface area contributed by atoms with E-state index in [4.69, 9.17) is 27.7 Å². The van der Waals surface area contributed by atoms with E-state index in [1.807, 2.05) is 79.7 Å². The van der Waals surface area contributed by atoms with Crippen molar-refractivity contribution in [3.05, 3.63) is 107 Å². The molecule has 15 heteroatoms. The lowest BCUT2D eigenvalue weighted by atomic mass is 10.1. The number of tetrazole rings is 1. The molecular weight excluding hydrogens is 661 g/mol. The van der Waals surface area contributed by atoms with E-state index >= 15 is 0 Å². The van der Waals surface area contributed by atoms with Crippen molar-refractivity contribution in [2.45, 2.75) is 34.0 Å². The van der Waals surface area contributed by atoms with Crippen LogP contribution in [-0.4, -0.2) is 55.7 Å². The van der Waals surface area contributed by atoms with Gasteiger partial charge in [0, 0.05) is 23.1 Å². The molecule has 50 heavy (non-hydrogen) atoms. The number of H-pyrrole nitrogens is 1. The average molecular weight is 698 g/mol. The lowest BCUT2D eigenvalue weighted by Crippen LogP contribution is -2.02. The predicted octanol–water partition coefficient (Wildman–Crippen LogP) is 7.42. The molecule has 6 aromatic rings. The summed E-state index contributed by atoms with van der Waals surface area (Å²) in [5.41, 5.74) is 4.45. The topological polar surface area (TPSA) is 162 Å². The normalized spacial score (nSPS) is 11.7. The molecule has 0 aliphatic rings.